The number of aromatic amines is 1. The number of fused-ring (bicyclic) bond motifs is 1. The Kier molecular flexibility index (Phi) is 4.21. The molecule has 0 aliphatic carbocycles. The fourth-order valence-electron chi connectivity index (χ4n) is 2.95. The van der Waals surface area contributed by atoms with Crippen LogP contribution in [0.15, 0.2) is 18.2 Å². The number of hydrogen-bond acceptors (Lipinski definition) is 3. The number of benzene rings is 1. The van der Waals surface area contributed by atoms with Crippen molar-refractivity contribution in [1.82, 2.24) is 14.6 Å². The monoisotopic (exact) mass is 333 g/mol. The van der Waals surface area contributed by atoms with E-state index in [4.69, 9.17) is 11.3 Å². The van der Waals surface area contributed by atoms with E-state index in [0.717, 1.165) is 17.7 Å². The summed E-state index contributed by atoms with van der Waals surface area (Å²) in [5.74, 6) is 1.73. The molecular weight excluding hydrogens is 314 g/mol. The third-order valence-electron chi connectivity index (χ3n) is 4.30. The van der Waals surface area contributed by atoms with Crippen LogP contribution in [0, 0.1) is 38.7 Å². The highest BCUT2D eigenvalue weighted by Gasteiger charge is 2.24. The van der Waals surface area contributed by atoms with Gasteiger partial charge in [-0.25, -0.2) is 5.10 Å². The van der Waals surface area contributed by atoms with Gasteiger partial charge in [0.15, 0.2) is 11.9 Å². The van der Waals surface area contributed by atoms with Crippen molar-refractivity contribution in [2.45, 2.75) is 40.2 Å². The zero-order valence-electron chi connectivity index (χ0n) is 14.7. The smallest absolute Gasteiger partial charge is 0.273 e. The van der Waals surface area contributed by atoms with E-state index in [2.05, 4.69) is 27.1 Å². The number of aromatic nitrogens is 3. The molecule has 0 amide bonds. The van der Waals surface area contributed by atoms with E-state index in [9.17, 15) is 5.26 Å². The Morgan fingerprint density at radius 2 is 2.16 bits per heavy atom. The molecule has 1 atom stereocenters. The van der Waals surface area contributed by atoms with E-state index in [0.29, 0.717) is 22.6 Å². The Hall–Kier alpha value is -3.25. The number of aryl methyl sites for hydroxylation is 3. The fourth-order valence-corrected chi connectivity index (χ4v) is 2.95. The van der Waals surface area contributed by atoms with Crippen LogP contribution in [0.25, 0.3) is 10.5 Å². The van der Waals surface area contributed by atoms with E-state index in [1.165, 1.54) is 5.56 Å². The highest BCUT2D eigenvalue weighted by Crippen LogP contribution is 2.31. The SMILES string of the molecule is [C-]#[N+]c1c(C#N)c(C)c2nc(C(CC)Oc3ccc(C)cc3C)[nH]n12. The molecule has 2 aromatic heterocycles. The molecule has 0 saturated heterocycles. The summed E-state index contributed by atoms with van der Waals surface area (Å²) in [6.45, 7) is 15.2. The van der Waals surface area contributed by atoms with Crippen molar-refractivity contribution in [1.29, 1.82) is 5.26 Å². The van der Waals surface area contributed by atoms with Gasteiger partial charge in [-0.1, -0.05) is 31.2 Å². The summed E-state index contributed by atoms with van der Waals surface area (Å²) in [6, 6.07) is 8.14. The summed E-state index contributed by atoms with van der Waals surface area (Å²) in [6.07, 6.45) is 0.464. The predicted molar refractivity (Wildman–Crippen MR) is 94.8 cm³/mol. The maximum Gasteiger partial charge on any atom is 0.273 e. The summed E-state index contributed by atoms with van der Waals surface area (Å²) >= 11 is 0. The van der Waals surface area contributed by atoms with Gasteiger partial charge in [0.05, 0.1) is 11.6 Å². The number of nitrogens with one attached hydrogen (secondary N) is 1. The van der Waals surface area contributed by atoms with E-state index in [1.807, 2.05) is 32.9 Å². The molecule has 6 nitrogen and oxygen atoms in total. The van der Waals surface area contributed by atoms with Crippen molar-refractivity contribution in [2.75, 3.05) is 0 Å². The van der Waals surface area contributed by atoms with Gasteiger partial charge in [-0.2, -0.15) is 14.8 Å². The Morgan fingerprint density at radius 3 is 2.76 bits per heavy atom. The van der Waals surface area contributed by atoms with Crippen LogP contribution < -0.4 is 4.74 Å². The average molecular weight is 333 g/mol. The first-order chi connectivity index (χ1) is 12.0. The summed E-state index contributed by atoms with van der Waals surface area (Å²) < 4.78 is 7.73. The Labute approximate surface area is 146 Å². The highest BCUT2D eigenvalue weighted by molar-refractivity contribution is 5.70. The number of hydrogen-bond donors (Lipinski definition) is 1. The standard InChI is InChI=1S/C19H19N5O/c1-6-15(25-16-8-7-11(2)9-12(16)3)17-22-18-13(4)14(10-20)19(21-5)24(18)23-17/h7-9,15H,6H2,1-4H3,(H,22,23). The molecule has 1 unspecified atom stereocenters. The zero-order valence-corrected chi connectivity index (χ0v) is 14.7. The molecule has 3 aromatic rings. The molecular formula is C19H19N5O. The van der Waals surface area contributed by atoms with Crippen molar-refractivity contribution in [3.63, 3.8) is 0 Å². The lowest BCUT2D eigenvalue weighted by Gasteiger charge is -2.16. The minimum Gasteiger partial charge on any atom is -0.482 e. The summed E-state index contributed by atoms with van der Waals surface area (Å²) in [5, 5.41) is 12.4. The molecule has 126 valence electrons. The van der Waals surface area contributed by atoms with E-state index < -0.39 is 0 Å². The molecule has 0 aliphatic rings. The van der Waals surface area contributed by atoms with Crippen molar-refractivity contribution >= 4 is 11.5 Å². The van der Waals surface area contributed by atoms with E-state index in [-0.39, 0.29) is 11.9 Å². The topological polar surface area (TPSA) is 70.5 Å². The van der Waals surface area contributed by atoms with Crippen LogP contribution in [0.3, 0.4) is 0 Å². The van der Waals surface area contributed by atoms with Gasteiger partial charge in [0, 0.05) is 5.56 Å². The molecule has 25 heavy (non-hydrogen) atoms. The van der Waals surface area contributed by atoms with Gasteiger partial charge in [-0.05, 0) is 38.8 Å². The highest BCUT2D eigenvalue weighted by atomic mass is 16.5. The van der Waals surface area contributed by atoms with Crippen molar-refractivity contribution in [3.8, 4) is 11.8 Å². The largest absolute Gasteiger partial charge is 0.482 e. The zero-order chi connectivity index (χ0) is 18.1. The Bertz CT molecular complexity index is 1030. The summed E-state index contributed by atoms with van der Waals surface area (Å²) in [7, 11) is 0. The third-order valence-corrected chi connectivity index (χ3v) is 4.30. The lowest BCUT2D eigenvalue weighted by atomic mass is 10.1. The quantitative estimate of drug-likeness (QED) is 0.713. The Balaban J connectivity index is 2.02. The number of ether oxygens (including phenoxy) is 1. The number of nitriles is 1. The molecule has 0 aliphatic heterocycles. The summed E-state index contributed by atoms with van der Waals surface area (Å²) in [4.78, 5) is 8.07. The lowest BCUT2D eigenvalue weighted by Crippen LogP contribution is -2.09. The van der Waals surface area contributed by atoms with Crippen LogP contribution in [0.4, 0.5) is 5.82 Å². The third kappa shape index (κ3) is 2.72. The first-order valence-electron chi connectivity index (χ1n) is 8.12. The summed E-state index contributed by atoms with van der Waals surface area (Å²) in [5.41, 5.74) is 3.93. The maximum atomic E-state index is 9.25. The Morgan fingerprint density at radius 1 is 1.40 bits per heavy atom. The molecule has 1 N–H and O–H groups in total. The normalized spacial score (nSPS) is 11.9. The first kappa shape index (κ1) is 16.6. The molecule has 0 spiro atoms. The van der Waals surface area contributed by atoms with E-state index >= 15 is 0 Å². The second-order valence-electron chi connectivity index (χ2n) is 6.10. The van der Waals surface area contributed by atoms with Gasteiger partial charge in [-0.15, -0.1) is 0 Å². The average Bonchev–Trinajstić information content (AvgIpc) is 3.12. The van der Waals surface area contributed by atoms with Gasteiger partial charge < -0.3 is 9.58 Å². The van der Waals surface area contributed by atoms with Gasteiger partial charge in [-0.3, -0.25) is 0 Å². The van der Waals surface area contributed by atoms with Crippen molar-refractivity contribution < 1.29 is 4.74 Å². The molecule has 0 fully saturated rings. The predicted octanol–water partition coefficient (Wildman–Crippen LogP) is 4.54. The van der Waals surface area contributed by atoms with Crippen LogP contribution in [-0.4, -0.2) is 14.6 Å². The van der Waals surface area contributed by atoms with Crippen LogP contribution in [0.2, 0.25) is 0 Å². The molecule has 0 bridgehead atoms. The second kappa shape index (κ2) is 6.33. The van der Waals surface area contributed by atoms with Crippen LogP contribution in [-0.2, 0) is 0 Å². The number of H-pyrrole nitrogens is 1. The van der Waals surface area contributed by atoms with Gasteiger partial charge >= 0.3 is 0 Å². The van der Waals surface area contributed by atoms with Crippen LogP contribution in [0.5, 0.6) is 5.75 Å². The van der Waals surface area contributed by atoms with Gasteiger partial charge in [0.25, 0.3) is 5.82 Å². The molecule has 0 saturated carbocycles. The number of nitrogens with zero attached hydrogens (tertiary/aromatic N) is 4. The van der Waals surface area contributed by atoms with E-state index in [1.54, 1.807) is 11.4 Å². The lowest BCUT2D eigenvalue weighted by molar-refractivity contribution is 0.190. The molecule has 0 radical (unpaired) electrons. The molecule has 1 aromatic carbocycles. The molecule has 3 rings (SSSR count). The second-order valence-corrected chi connectivity index (χ2v) is 6.10. The van der Waals surface area contributed by atoms with Crippen molar-refractivity contribution in [2.24, 2.45) is 0 Å². The fraction of sp³-hybridized carbons (Fsp3) is 0.316. The minimum absolute atomic E-state index is 0.259. The maximum absolute atomic E-state index is 9.25. The van der Waals surface area contributed by atoms with Crippen LogP contribution >= 0.6 is 0 Å². The molecule has 6 heteroatoms. The van der Waals surface area contributed by atoms with Gasteiger partial charge in [0.1, 0.15) is 5.75 Å². The van der Waals surface area contributed by atoms with Crippen molar-refractivity contribution in [3.05, 3.63) is 57.7 Å². The van der Waals surface area contributed by atoms with Crippen LogP contribution in [0.1, 0.15) is 47.5 Å². The molecule has 2 heterocycles. The minimum atomic E-state index is -0.259. The number of rotatable bonds is 4. The van der Waals surface area contributed by atoms with Gasteiger partial charge in [0.2, 0.25) is 5.65 Å². The first-order valence-corrected chi connectivity index (χ1v) is 8.12.